The second-order valence-electron chi connectivity index (χ2n) is 4.74. The normalized spacial score (nSPS) is 13.9. The van der Waals surface area contributed by atoms with Crippen LogP contribution in [0.3, 0.4) is 0 Å². The van der Waals surface area contributed by atoms with Crippen LogP contribution in [0.2, 0.25) is 0 Å². The van der Waals surface area contributed by atoms with Crippen molar-refractivity contribution in [2.75, 3.05) is 54.5 Å². The van der Waals surface area contributed by atoms with Crippen LogP contribution in [0.15, 0.2) is 23.3 Å². The number of hydrogen-bond donors (Lipinski definition) is 2. The molecule has 0 aromatic heterocycles. The maximum atomic E-state index is 9.25. The number of likely N-dealkylation sites (N-methyl/N-ethyl adjacent to an activating group) is 2. The minimum Gasteiger partial charge on any atom is -0.392 e. The molecule has 0 amide bonds. The topological polar surface area (TPSA) is 46.9 Å². The molecule has 0 atom stereocenters. The molecular formula is C13H26N2O2. The summed E-state index contributed by atoms with van der Waals surface area (Å²) >= 11 is 0. The van der Waals surface area contributed by atoms with Gasteiger partial charge in [0.05, 0.1) is 13.2 Å². The van der Waals surface area contributed by atoms with Gasteiger partial charge in [-0.25, -0.2) is 0 Å². The Labute approximate surface area is 105 Å². The Morgan fingerprint density at radius 1 is 0.824 bits per heavy atom. The summed E-state index contributed by atoms with van der Waals surface area (Å²) in [5.74, 6) is 0. The van der Waals surface area contributed by atoms with Crippen molar-refractivity contribution in [3.63, 3.8) is 0 Å². The fraction of sp³-hybridized carbons (Fsp3) is 0.692. The molecule has 0 aromatic carbocycles. The Morgan fingerprint density at radius 3 is 1.41 bits per heavy atom. The monoisotopic (exact) mass is 242 g/mol. The average Bonchev–Trinajstić information content (AvgIpc) is 2.27. The van der Waals surface area contributed by atoms with Gasteiger partial charge in [-0.3, -0.25) is 0 Å². The van der Waals surface area contributed by atoms with Gasteiger partial charge in [0.1, 0.15) is 0 Å². The lowest BCUT2D eigenvalue weighted by Crippen LogP contribution is -2.13. The molecule has 0 radical (unpaired) electrons. The highest BCUT2D eigenvalue weighted by Crippen LogP contribution is 2.10. The Kier molecular flexibility index (Phi) is 8.99. The third-order valence-corrected chi connectivity index (χ3v) is 2.35. The number of aliphatic hydroxyl groups excluding tert-OH is 2. The minimum atomic E-state index is 0.0488. The molecule has 2 N–H and O–H groups in total. The highest BCUT2D eigenvalue weighted by Gasteiger charge is 2.01. The van der Waals surface area contributed by atoms with Gasteiger partial charge in [-0.2, -0.15) is 0 Å². The summed E-state index contributed by atoms with van der Waals surface area (Å²) < 4.78 is 0. The zero-order valence-electron chi connectivity index (χ0n) is 11.5. The average molecular weight is 242 g/mol. The third-order valence-electron chi connectivity index (χ3n) is 2.35. The predicted molar refractivity (Wildman–Crippen MR) is 72.1 cm³/mol. The van der Waals surface area contributed by atoms with E-state index in [2.05, 4.69) is 0 Å². The molecule has 17 heavy (non-hydrogen) atoms. The summed E-state index contributed by atoms with van der Waals surface area (Å²) in [5.41, 5.74) is 1.91. The molecule has 0 aliphatic heterocycles. The number of aliphatic hydroxyl groups is 2. The Morgan fingerprint density at radius 2 is 1.18 bits per heavy atom. The van der Waals surface area contributed by atoms with Crippen molar-refractivity contribution in [1.29, 1.82) is 0 Å². The van der Waals surface area contributed by atoms with Crippen LogP contribution < -0.4 is 0 Å². The molecule has 0 aliphatic rings. The van der Waals surface area contributed by atoms with E-state index in [1.54, 1.807) is 0 Å². The van der Waals surface area contributed by atoms with E-state index in [1.165, 1.54) is 0 Å². The van der Waals surface area contributed by atoms with Crippen molar-refractivity contribution < 1.29 is 10.2 Å². The Balaban J connectivity index is 4.40. The van der Waals surface area contributed by atoms with Crippen LogP contribution in [-0.2, 0) is 0 Å². The molecule has 0 bridgehead atoms. The minimum absolute atomic E-state index is 0.0488. The summed E-state index contributed by atoms with van der Waals surface area (Å²) in [4.78, 5) is 4.08. The summed E-state index contributed by atoms with van der Waals surface area (Å²) in [5, 5.41) is 18.5. The van der Waals surface area contributed by atoms with Crippen LogP contribution in [0, 0.1) is 0 Å². The van der Waals surface area contributed by atoms with Crippen molar-refractivity contribution in [3.05, 3.63) is 23.3 Å². The van der Waals surface area contributed by atoms with Gasteiger partial charge >= 0.3 is 0 Å². The maximum absolute atomic E-state index is 9.25. The molecule has 4 nitrogen and oxygen atoms in total. The summed E-state index contributed by atoms with van der Waals surface area (Å²) in [6, 6.07) is 0. The molecule has 0 aliphatic carbocycles. The molecule has 0 heterocycles. The van der Waals surface area contributed by atoms with Gasteiger partial charge in [0.25, 0.3) is 0 Å². The molecule has 100 valence electrons. The van der Waals surface area contributed by atoms with Gasteiger partial charge in [0.2, 0.25) is 0 Å². The number of hydrogen-bond acceptors (Lipinski definition) is 4. The van der Waals surface area contributed by atoms with E-state index in [-0.39, 0.29) is 13.2 Å². The smallest absolute Gasteiger partial charge is 0.0645 e. The van der Waals surface area contributed by atoms with Crippen molar-refractivity contribution in [3.8, 4) is 0 Å². The standard InChI is InChI=1S/C13H26N2O2/c1-14(2)7-5-12(10-16)9-13(11-17)6-8-15(3)4/h5-6,16-17H,7-11H2,1-4H3. The molecule has 4 heteroatoms. The van der Waals surface area contributed by atoms with E-state index in [0.717, 1.165) is 24.2 Å². The summed E-state index contributed by atoms with van der Waals surface area (Å²) in [7, 11) is 7.95. The first-order valence-electron chi connectivity index (χ1n) is 5.86. The lowest BCUT2D eigenvalue weighted by Gasteiger charge is -2.11. The van der Waals surface area contributed by atoms with E-state index >= 15 is 0 Å². The van der Waals surface area contributed by atoms with E-state index in [9.17, 15) is 10.2 Å². The second kappa shape index (κ2) is 9.36. The molecule has 0 aromatic rings. The lowest BCUT2D eigenvalue weighted by molar-refractivity contribution is 0.313. The van der Waals surface area contributed by atoms with Gasteiger partial charge in [0, 0.05) is 13.1 Å². The Hall–Kier alpha value is -0.680. The van der Waals surface area contributed by atoms with E-state index in [4.69, 9.17) is 0 Å². The molecule has 0 spiro atoms. The highest BCUT2D eigenvalue weighted by atomic mass is 16.3. The van der Waals surface area contributed by atoms with E-state index < -0.39 is 0 Å². The first kappa shape index (κ1) is 16.3. The van der Waals surface area contributed by atoms with Crippen LogP contribution in [0.25, 0.3) is 0 Å². The van der Waals surface area contributed by atoms with Crippen molar-refractivity contribution in [2.45, 2.75) is 6.42 Å². The lowest BCUT2D eigenvalue weighted by atomic mass is 10.1. The van der Waals surface area contributed by atoms with Crippen LogP contribution in [0.5, 0.6) is 0 Å². The largest absolute Gasteiger partial charge is 0.392 e. The van der Waals surface area contributed by atoms with Gasteiger partial charge in [-0.1, -0.05) is 12.2 Å². The Bertz CT molecular complexity index is 232. The molecule has 0 fully saturated rings. The van der Waals surface area contributed by atoms with Crippen LogP contribution in [0.1, 0.15) is 6.42 Å². The van der Waals surface area contributed by atoms with Gasteiger partial charge in [-0.15, -0.1) is 0 Å². The SMILES string of the molecule is CN(C)CC=C(CO)CC(=CCN(C)C)CO. The molecular weight excluding hydrogens is 216 g/mol. The third kappa shape index (κ3) is 9.06. The van der Waals surface area contributed by atoms with Crippen LogP contribution in [-0.4, -0.2) is 74.5 Å². The van der Waals surface area contributed by atoms with Crippen molar-refractivity contribution >= 4 is 0 Å². The van der Waals surface area contributed by atoms with Crippen molar-refractivity contribution in [2.24, 2.45) is 0 Å². The zero-order valence-corrected chi connectivity index (χ0v) is 11.5. The molecule has 0 saturated heterocycles. The summed E-state index contributed by atoms with van der Waals surface area (Å²) in [6.07, 6.45) is 4.67. The number of rotatable bonds is 8. The van der Waals surface area contributed by atoms with Crippen LogP contribution >= 0.6 is 0 Å². The predicted octanol–water partition coefficient (Wildman–Crippen LogP) is 0.337. The highest BCUT2D eigenvalue weighted by molar-refractivity contribution is 5.17. The second-order valence-corrected chi connectivity index (χ2v) is 4.74. The summed E-state index contributed by atoms with van der Waals surface area (Å²) in [6.45, 7) is 1.71. The fourth-order valence-electron chi connectivity index (χ4n) is 1.30. The van der Waals surface area contributed by atoms with Gasteiger partial charge in [-0.05, 0) is 45.8 Å². The van der Waals surface area contributed by atoms with Gasteiger partial charge in [0.15, 0.2) is 0 Å². The quantitative estimate of drug-likeness (QED) is 0.603. The zero-order chi connectivity index (χ0) is 13.3. The van der Waals surface area contributed by atoms with Gasteiger partial charge < -0.3 is 20.0 Å². The van der Waals surface area contributed by atoms with E-state index in [0.29, 0.717) is 6.42 Å². The molecule has 0 rings (SSSR count). The molecule has 0 unspecified atom stereocenters. The molecule has 0 saturated carbocycles. The van der Waals surface area contributed by atoms with Crippen molar-refractivity contribution in [1.82, 2.24) is 9.80 Å². The first-order chi connectivity index (χ1) is 7.99. The first-order valence-corrected chi connectivity index (χ1v) is 5.86. The van der Waals surface area contributed by atoms with Crippen LogP contribution in [0.4, 0.5) is 0 Å². The fourth-order valence-corrected chi connectivity index (χ4v) is 1.30. The van der Waals surface area contributed by atoms with E-state index in [1.807, 2.05) is 50.1 Å². The maximum Gasteiger partial charge on any atom is 0.0645 e. The number of nitrogens with zero attached hydrogens (tertiary/aromatic N) is 2.